The number of para-hydroxylation sites is 2. The van der Waals surface area contributed by atoms with Crippen LogP contribution in [0.5, 0.6) is 0 Å². The van der Waals surface area contributed by atoms with Crippen LogP contribution in [0, 0.1) is 17.8 Å². The maximum atomic E-state index is 5.89. The molecule has 3 nitrogen and oxygen atoms in total. The van der Waals surface area contributed by atoms with Gasteiger partial charge in [0.2, 0.25) is 0 Å². The maximum absolute atomic E-state index is 5.89. The van der Waals surface area contributed by atoms with Crippen molar-refractivity contribution in [1.82, 2.24) is 10.3 Å². The second kappa shape index (κ2) is 4.88. The van der Waals surface area contributed by atoms with Crippen LogP contribution < -0.4 is 5.32 Å². The summed E-state index contributed by atoms with van der Waals surface area (Å²) in [7, 11) is 0. The molecule has 0 spiro atoms. The lowest BCUT2D eigenvalue weighted by Crippen LogP contribution is -2.34. The molecule has 0 saturated heterocycles. The van der Waals surface area contributed by atoms with Crippen molar-refractivity contribution in [1.29, 1.82) is 0 Å². The predicted octanol–water partition coefficient (Wildman–Crippen LogP) is 3.39. The fourth-order valence-corrected chi connectivity index (χ4v) is 4.28. The van der Waals surface area contributed by atoms with Crippen molar-refractivity contribution >= 4 is 11.1 Å². The number of aromatic nitrogens is 1. The minimum absolute atomic E-state index is 0.545. The number of hydrogen-bond donors (Lipinski definition) is 1. The Morgan fingerprint density at radius 2 is 2.10 bits per heavy atom. The van der Waals surface area contributed by atoms with Crippen molar-refractivity contribution in [3.05, 3.63) is 30.2 Å². The zero-order valence-electron chi connectivity index (χ0n) is 12.0. The summed E-state index contributed by atoms with van der Waals surface area (Å²) in [4.78, 5) is 4.63. The van der Waals surface area contributed by atoms with Crippen molar-refractivity contribution in [2.45, 2.75) is 38.6 Å². The van der Waals surface area contributed by atoms with Gasteiger partial charge >= 0.3 is 0 Å². The van der Waals surface area contributed by atoms with Gasteiger partial charge in [-0.1, -0.05) is 25.5 Å². The largest absolute Gasteiger partial charge is 0.441 e. The molecule has 3 unspecified atom stereocenters. The third kappa shape index (κ3) is 2.05. The molecule has 0 bridgehead atoms. The Balaban J connectivity index is 1.52. The van der Waals surface area contributed by atoms with Crippen molar-refractivity contribution in [2.75, 3.05) is 6.54 Å². The van der Waals surface area contributed by atoms with Gasteiger partial charge in [0.1, 0.15) is 5.52 Å². The molecular weight excluding hydrogens is 248 g/mol. The summed E-state index contributed by atoms with van der Waals surface area (Å²) in [6, 6.07) is 8.59. The van der Waals surface area contributed by atoms with Gasteiger partial charge in [-0.15, -0.1) is 0 Å². The van der Waals surface area contributed by atoms with Gasteiger partial charge in [0, 0.05) is 12.5 Å². The van der Waals surface area contributed by atoms with Gasteiger partial charge in [0.15, 0.2) is 11.5 Å². The second-order valence-corrected chi connectivity index (χ2v) is 6.28. The van der Waals surface area contributed by atoms with E-state index in [2.05, 4.69) is 17.2 Å². The summed E-state index contributed by atoms with van der Waals surface area (Å²) < 4.78 is 5.89. The lowest BCUT2D eigenvalue weighted by molar-refractivity contribution is 0.379. The molecule has 2 aliphatic carbocycles. The monoisotopic (exact) mass is 270 g/mol. The van der Waals surface area contributed by atoms with E-state index in [1.807, 2.05) is 24.3 Å². The molecule has 1 N–H and O–H groups in total. The average molecular weight is 270 g/mol. The molecule has 1 heterocycles. The van der Waals surface area contributed by atoms with Gasteiger partial charge in [-0.25, -0.2) is 4.98 Å². The van der Waals surface area contributed by atoms with Gasteiger partial charge in [-0.05, 0) is 49.3 Å². The Hall–Kier alpha value is -1.35. The number of hydrogen-bond acceptors (Lipinski definition) is 3. The number of rotatable bonds is 5. The Bertz CT molecular complexity index is 563. The van der Waals surface area contributed by atoms with Crippen LogP contribution in [-0.2, 0) is 6.42 Å². The van der Waals surface area contributed by atoms with Crippen LogP contribution >= 0.6 is 0 Å². The van der Waals surface area contributed by atoms with Gasteiger partial charge in [-0.3, -0.25) is 0 Å². The zero-order chi connectivity index (χ0) is 13.5. The summed E-state index contributed by atoms with van der Waals surface area (Å²) in [5.74, 6) is 3.70. The number of benzene rings is 1. The smallest absolute Gasteiger partial charge is 0.197 e. The predicted molar refractivity (Wildman–Crippen MR) is 79.5 cm³/mol. The summed E-state index contributed by atoms with van der Waals surface area (Å²) in [5.41, 5.74) is 1.89. The first-order valence-electron chi connectivity index (χ1n) is 7.94. The molecule has 0 radical (unpaired) electrons. The average Bonchev–Trinajstić information content (AvgIpc) is 2.82. The summed E-state index contributed by atoms with van der Waals surface area (Å²) in [5, 5.41) is 3.67. The van der Waals surface area contributed by atoms with Crippen molar-refractivity contribution < 1.29 is 4.42 Å². The lowest BCUT2D eigenvalue weighted by atomic mass is 10.0. The highest BCUT2D eigenvalue weighted by Gasteiger charge is 2.55. The van der Waals surface area contributed by atoms with E-state index in [4.69, 9.17) is 4.42 Å². The Morgan fingerprint density at radius 3 is 2.85 bits per heavy atom. The van der Waals surface area contributed by atoms with Crippen molar-refractivity contribution in [2.24, 2.45) is 17.8 Å². The number of likely N-dealkylation sites (N-methyl/N-ethyl adjacent to an activating group) is 1. The van der Waals surface area contributed by atoms with Gasteiger partial charge < -0.3 is 9.73 Å². The van der Waals surface area contributed by atoms with Crippen LogP contribution in [0.4, 0.5) is 0 Å². The summed E-state index contributed by atoms with van der Waals surface area (Å²) in [6.45, 7) is 3.22. The minimum Gasteiger partial charge on any atom is -0.441 e. The minimum atomic E-state index is 0.545. The molecule has 1 aromatic heterocycles. The number of oxazole rings is 1. The van der Waals surface area contributed by atoms with E-state index in [0.717, 1.165) is 47.7 Å². The van der Waals surface area contributed by atoms with Gasteiger partial charge in [0.05, 0.1) is 0 Å². The summed E-state index contributed by atoms with van der Waals surface area (Å²) >= 11 is 0. The molecule has 2 saturated carbocycles. The molecule has 2 aromatic rings. The summed E-state index contributed by atoms with van der Waals surface area (Å²) in [6.07, 6.45) is 5.24. The third-order valence-corrected chi connectivity index (χ3v) is 5.14. The molecule has 0 aliphatic heterocycles. The molecule has 106 valence electrons. The standard InChI is InChI=1S/C17H22N2O/c1-2-18-14(17-11-6-5-7-12(11)17)10-16-19-13-8-3-4-9-15(13)20-16/h3-4,8-9,11-12,14,17-18H,2,5-7,10H2,1H3. The molecule has 4 rings (SSSR count). The number of nitrogens with one attached hydrogen (secondary N) is 1. The Labute approximate surface area is 119 Å². The molecule has 0 amide bonds. The van der Waals surface area contributed by atoms with E-state index < -0.39 is 0 Å². The second-order valence-electron chi connectivity index (χ2n) is 6.28. The van der Waals surface area contributed by atoms with Gasteiger partial charge in [0.25, 0.3) is 0 Å². The number of nitrogens with zero attached hydrogens (tertiary/aromatic N) is 1. The Morgan fingerprint density at radius 1 is 1.30 bits per heavy atom. The fraction of sp³-hybridized carbons (Fsp3) is 0.588. The quantitative estimate of drug-likeness (QED) is 0.905. The normalized spacial score (nSPS) is 29.6. The third-order valence-electron chi connectivity index (χ3n) is 5.14. The highest BCUT2D eigenvalue weighted by Crippen LogP contribution is 2.59. The van der Waals surface area contributed by atoms with Crippen LogP contribution in [0.1, 0.15) is 32.1 Å². The number of fused-ring (bicyclic) bond motifs is 2. The van der Waals surface area contributed by atoms with Crippen molar-refractivity contribution in [3.63, 3.8) is 0 Å². The SMILES string of the molecule is CCNC(Cc1nc2ccccc2o1)C1C2CCCC21. The van der Waals surface area contributed by atoms with Crippen LogP contribution in [0.15, 0.2) is 28.7 Å². The van der Waals surface area contributed by atoms with E-state index in [-0.39, 0.29) is 0 Å². The molecule has 3 atom stereocenters. The first-order chi connectivity index (χ1) is 9.86. The maximum Gasteiger partial charge on any atom is 0.197 e. The first kappa shape index (κ1) is 12.4. The topological polar surface area (TPSA) is 38.1 Å². The van der Waals surface area contributed by atoms with E-state index in [0.29, 0.717) is 6.04 Å². The van der Waals surface area contributed by atoms with Crippen LogP contribution in [0.25, 0.3) is 11.1 Å². The fourth-order valence-electron chi connectivity index (χ4n) is 4.28. The van der Waals surface area contributed by atoms with E-state index in [1.165, 1.54) is 19.3 Å². The van der Waals surface area contributed by atoms with E-state index in [9.17, 15) is 0 Å². The molecule has 2 aliphatic rings. The van der Waals surface area contributed by atoms with E-state index >= 15 is 0 Å². The zero-order valence-corrected chi connectivity index (χ0v) is 12.0. The van der Waals surface area contributed by atoms with Crippen LogP contribution in [-0.4, -0.2) is 17.6 Å². The lowest BCUT2D eigenvalue weighted by Gasteiger charge is -2.18. The van der Waals surface area contributed by atoms with E-state index in [1.54, 1.807) is 0 Å². The molecular formula is C17H22N2O. The molecule has 20 heavy (non-hydrogen) atoms. The van der Waals surface area contributed by atoms with Gasteiger partial charge in [-0.2, -0.15) is 0 Å². The van der Waals surface area contributed by atoms with Crippen molar-refractivity contribution in [3.8, 4) is 0 Å². The van der Waals surface area contributed by atoms with Crippen LogP contribution in [0.2, 0.25) is 0 Å². The molecule has 3 heteroatoms. The van der Waals surface area contributed by atoms with Crippen LogP contribution in [0.3, 0.4) is 0 Å². The molecule has 1 aromatic carbocycles. The highest BCUT2D eigenvalue weighted by molar-refractivity contribution is 5.72. The Kier molecular flexibility index (Phi) is 3.03. The molecule has 2 fully saturated rings. The highest BCUT2D eigenvalue weighted by atomic mass is 16.3. The first-order valence-corrected chi connectivity index (χ1v) is 7.94.